The Labute approximate surface area is 72.7 Å². The Hall–Kier alpha value is -0.640. The van der Waals surface area contributed by atoms with Gasteiger partial charge >= 0.3 is 0 Å². The van der Waals surface area contributed by atoms with E-state index in [-0.39, 0.29) is 5.92 Å². The van der Waals surface area contributed by atoms with Gasteiger partial charge in [0.05, 0.1) is 0 Å². The molecule has 2 atom stereocenters. The highest BCUT2D eigenvalue weighted by Crippen LogP contribution is 2.16. The van der Waals surface area contributed by atoms with E-state index in [0.717, 1.165) is 12.8 Å². The molecule has 0 aromatic rings. The Morgan fingerprint density at radius 1 is 1.42 bits per heavy atom. The molecule has 0 saturated carbocycles. The Morgan fingerprint density at radius 3 is 2.08 bits per heavy atom. The Bertz CT molecular complexity index is 145. The number of rotatable bonds is 5. The smallest absolute Gasteiger partial charge is 0.236 e. The van der Waals surface area contributed by atoms with Crippen molar-refractivity contribution in [2.75, 3.05) is 0 Å². The minimum absolute atomic E-state index is 0.0467. The van der Waals surface area contributed by atoms with Crippen molar-refractivity contribution in [3.63, 3.8) is 0 Å². The van der Waals surface area contributed by atoms with Gasteiger partial charge in [-0.2, -0.15) is 0 Å². The van der Waals surface area contributed by atoms with Crippen molar-refractivity contribution < 1.29 is 10.0 Å². The van der Waals surface area contributed by atoms with Crippen LogP contribution in [0.25, 0.3) is 0 Å². The van der Waals surface area contributed by atoms with Crippen molar-refractivity contribution in [2.24, 2.45) is 5.92 Å². The third kappa shape index (κ3) is 2.77. The molecule has 0 spiro atoms. The fourth-order valence-corrected chi connectivity index (χ4v) is 1.29. The van der Waals surface area contributed by atoms with Gasteiger partial charge in [-0.3, -0.25) is 10.1 Å². The van der Waals surface area contributed by atoms with Gasteiger partial charge in [0.1, 0.15) is 6.10 Å². The van der Waals surface area contributed by atoms with Crippen LogP contribution in [0.15, 0.2) is 0 Å². The summed E-state index contributed by atoms with van der Waals surface area (Å²) in [5, 5.41) is 19.8. The molecule has 0 unspecified atom stereocenters. The van der Waals surface area contributed by atoms with Crippen LogP contribution in [0, 0.1) is 16.0 Å². The predicted molar refractivity (Wildman–Crippen MR) is 46.5 cm³/mol. The third-order valence-corrected chi connectivity index (χ3v) is 2.36. The lowest BCUT2D eigenvalue weighted by Gasteiger charge is -2.20. The summed E-state index contributed by atoms with van der Waals surface area (Å²) in [7, 11) is 0. The molecule has 0 rings (SSSR count). The standard InChI is InChI=1S/C8H17NO3/c1-4-7(5-2)8(10)6(3)9(11)12/h6-8,10H,4-5H2,1-3H3/t6-,8+/m1/s1. The highest BCUT2D eigenvalue weighted by molar-refractivity contribution is 4.71. The molecule has 0 amide bonds. The average molecular weight is 175 g/mol. The van der Waals surface area contributed by atoms with E-state index in [1.54, 1.807) is 0 Å². The monoisotopic (exact) mass is 175 g/mol. The molecular weight excluding hydrogens is 158 g/mol. The predicted octanol–water partition coefficient (Wildman–Crippen LogP) is 1.45. The summed E-state index contributed by atoms with van der Waals surface area (Å²) in [4.78, 5) is 9.90. The zero-order valence-electron chi connectivity index (χ0n) is 7.86. The van der Waals surface area contributed by atoms with Gasteiger partial charge in [0, 0.05) is 11.8 Å². The molecule has 72 valence electrons. The topological polar surface area (TPSA) is 63.4 Å². The van der Waals surface area contributed by atoms with E-state index in [9.17, 15) is 15.2 Å². The Balaban J connectivity index is 4.14. The molecule has 1 N–H and O–H groups in total. The van der Waals surface area contributed by atoms with Gasteiger partial charge in [-0.15, -0.1) is 0 Å². The van der Waals surface area contributed by atoms with E-state index >= 15 is 0 Å². The van der Waals surface area contributed by atoms with E-state index in [2.05, 4.69) is 0 Å². The first kappa shape index (κ1) is 11.4. The first-order valence-corrected chi connectivity index (χ1v) is 4.36. The Kier molecular flexibility index (Phi) is 4.81. The van der Waals surface area contributed by atoms with Gasteiger partial charge in [0.2, 0.25) is 6.04 Å². The summed E-state index contributed by atoms with van der Waals surface area (Å²) < 4.78 is 0. The molecule has 0 aromatic heterocycles. The number of aliphatic hydroxyl groups is 1. The second-order valence-electron chi connectivity index (χ2n) is 3.09. The van der Waals surface area contributed by atoms with Crippen molar-refractivity contribution in [1.82, 2.24) is 0 Å². The molecular formula is C8H17NO3. The molecule has 4 nitrogen and oxygen atoms in total. The number of hydrogen-bond acceptors (Lipinski definition) is 3. The summed E-state index contributed by atoms with van der Waals surface area (Å²) >= 11 is 0. The molecule has 0 fully saturated rings. The van der Waals surface area contributed by atoms with E-state index in [0.29, 0.717) is 0 Å². The molecule has 0 aliphatic carbocycles. The fourth-order valence-electron chi connectivity index (χ4n) is 1.29. The van der Waals surface area contributed by atoms with E-state index in [1.165, 1.54) is 6.92 Å². The molecule has 0 aliphatic heterocycles. The van der Waals surface area contributed by atoms with Crippen molar-refractivity contribution in [3.05, 3.63) is 10.1 Å². The SMILES string of the molecule is CCC(CC)[C@@H](O)[C@@H](C)[N+](=O)[O-]. The second-order valence-corrected chi connectivity index (χ2v) is 3.09. The highest BCUT2D eigenvalue weighted by atomic mass is 16.6. The highest BCUT2D eigenvalue weighted by Gasteiger charge is 2.29. The molecule has 0 heterocycles. The van der Waals surface area contributed by atoms with Gasteiger partial charge < -0.3 is 5.11 Å². The van der Waals surface area contributed by atoms with Gasteiger partial charge in [-0.1, -0.05) is 26.7 Å². The maximum atomic E-state index is 10.3. The average Bonchev–Trinajstić information content (AvgIpc) is 2.05. The molecule has 0 aliphatic rings. The van der Waals surface area contributed by atoms with Crippen molar-refractivity contribution in [1.29, 1.82) is 0 Å². The van der Waals surface area contributed by atoms with Crippen LogP contribution in [-0.4, -0.2) is 22.2 Å². The van der Waals surface area contributed by atoms with Crippen LogP contribution in [-0.2, 0) is 0 Å². The first-order chi connectivity index (χ1) is 5.54. The zero-order valence-corrected chi connectivity index (χ0v) is 7.86. The van der Waals surface area contributed by atoms with Gasteiger partial charge in [0.25, 0.3) is 0 Å². The van der Waals surface area contributed by atoms with E-state index < -0.39 is 17.1 Å². The summed E-state index contributed by atoms with van der Waals surface area (Å²) in [6, 6.07) is -0.852. The molecule has 0 bridgehead atoms. The molecule has 0 radical (unpaired) electrons. The summed E-state index contributed by atoms with van der Waals surface area (Å²) in [5.74, 6) is 0.0467. The second kappa shape index (κ2) is 5.09. The molecule has 12 heavy (non-hydrogen) atoms. The lowest BCUT2D eigenvalue weighted by atomic mass is 9.92. The minimum atomic E-state index is -0.852. The normalized spacial score (nSPS) is 16.1. The van der Waals surface area contributed by atoms with Crippen LogP contribution in [0.2, 0.25) is 0 Å². The van der Waals surface area contributed by atoms with Crippen LogP contribution in [0.5, 0.6) is 0 Å². The van der Waals surface area contributed by atoms with Crippen molar-refractivity contribution in [3.8, 4) is 0 Å². The quantitative estimate of drug-likeness (QED) is 0.508. The minimum Gasteiger partial charge on any atom is -0.386 e. The largest absolute Gasteiger partial charge is 0.386 e. The molecule has 4 heteroatoms. The van der Waals surface area contributed by atoms with Gasteiger partial charge in [0.15, 0.2) is 0 Å². The Morgan fingerprint density at radius 2 is 1.83 bits per heavy atom. The molecule has 0 saturated heterocycles. The van der Waals surface area contributed by atoms with Crippen LogP contribution in [0.1, 0.15) is 33.6 Å². The molecule has 0 aromatic carbocycles. The van der Waals surface area contributed by atoms with E-state index in [1.807, 2.05) is 13.8 Å². The summed E-state index contributed by atoms with van der Waals surface area (Å²) in [5.41, 5.74) is 0. The van der Waals surface area contributed by atoms with E-state index in [4.69, 9.17) is 0 Å². The van der Waals surface area contributed by atoms with Crippen molar-refractivity contribution >= 4 is 0 Å². The van der Waals surface area contributed by atoms with Crippen LogP contribution in [0.4, 0.5) is 0 Å². The van der Waals surface area contributed by atoms with Crippen LogP contribution >= 0.6 is 0 Å². The maximum absolute atomic E-state index is 10.3. The van der Waals surface area contributed by atoms with Gasteiger partial charge in [-0.25, -0.2) is 0 Å². The van der Waals surface area contributed by atoms with Crippen LogP contribution < -0.4 is 0 Å². The fraction of sp³-hybridized carbons (Fsp3) is 1.00. The zero-order chi connectivity index (χ0) is 9.72. The maximum Gasteiger partial charge on any atom is 0.236 e. The van der Waals surface area contributed by atoms with Crippen LogP contribution in [0.3, 0.4) is 0 Å². The summed E-state index contributed by atoms with van der Waals surface area (Å²) in [6.45, 7) is 5.32. The lowest BCUT2D eigenvalue weighted by molar-refractivity contribution is -0.532. The number of hydrogen-bond donors (Lipinski definition) is 1. The van der Waals surface area contributed by atoms with Gasteiger partial charge in [-0.05, 0) is 5.92 Å². The van der Waals surface area contributed by atoms with Crippen molar-refractivity contribution in [2.45, 2.75) is 45.8 Å². The summed E-state index contributed by atoms with van der Waals surface area (Å²) in [6.07, 6.45) is 0.765. The third-order valence-electron chi connectivity index (χ3n) is 2.36. The lowest BCUT2D eigenvalue weighted by Crippen LogP contribution is -2.36. The number of nitrogens with zero attached hydrogens (tertiary/aromatic N) is 1. The number of nitro groups is 1. The first-order valence-electron chi connectivity index (χ1n) is 4.36. The number of aliphatic hydroxyl groups excluding tert-OH is 1.